The average molecular weight is 569 g/mol. The Labute approximate surface area is 240 Å². The van der Waals surface area contributed by atoms with Gasteiger partial charge in [0.05, 0.1) is 26.1 Å². The predicted molar refractivity (Wildman–Crippen MR) is 157 cm³/mol. The molecule has 0 fully saturated rings. The number of nitrogens with zero attached hydrogens (tertiary/aromatic N) is 1. The molecular formula is C29H49ClN4O5. The number of carbonyl (C=O) groups is 1. The molecule has 5 N–H and O–H groups in total. The number of aromatic amines is 1. The van der Waals surface area contributed by atoms with Crippen molar-refractivity contribution in [3.63, 3.8) is 0 Å². The Bertz CT molecular complexity index is 928. The van der Waals surface area contributed by atoms with Crippen LogP contribution in [0.25, 0.3) is 0 Å². The molecule has 0 radical (unpaired) electrons. The molecule has 1 aromatic carbocycles. The lowest BCUT2D eigenvalue weighted by Crippen LogP contribution is -2.41. The van der Waals surface area contributed by atoms with E-state index in [0.717, 1.165) is 42.7 Å². The second-order valence-electron chi connectivity index (χ2n) is 10.5. The lowest BCUT2D eigenvalue weighted by molar-refractivity contribution is -0.125. The molecule has 0 aliphatic rings. The Hall–Kier alpha value is -2.33. The summed E-state index contributed by atoms with van der Waals surface area (Å²) in [5.41, 5.74) is 8.64. The molecule has 1 heterocycles. The van der Waals surface area contributed by atoms with E-state index in [1.54, 1.807) is 26.7 Å². The van der Waals surface area contributed by atoms with Gasteiger partial charge in [0.1, 0.15) is 0 Å². The Balaban J connectivity index is 0.00000760. The van der Waals surface area contributed by atoms with Crippen LogP contribution in [-0.4, -0.2) is 67.1 Å². The highest BCUT2D eigenvalue weighted by Crippen LogP contribution is 2.31. The summed E-state index contributed by atoms with van der Waals surface area (Å²) < 4.78 is 16.5. The number of H-pyrrole nitrogens is 1. The fourth-order valence-corrected chi connectivity index (χ4v) is 4.48. The third kappa shape index (κ3) is 12.6. The van der Waals surface area contributed by atoms with Gasteiger partial charge in [-0.1, -0.05) is 26.8 Å². The molecule has 1 aromatic heterocycles. The lowest BCUT2D eigenvalue weighted by atomic mass is 9.82. The number of methoxy groups -OCH3 is 2. The molecule has 39 heavy (non-hydrogen) atoms. The number of hydrogen-bond acceptors (Lipinski definition) is 7. The predicted octanol–water partition coefficient (Wildman–Crippen LogP) is 3.92. The zero-order chi connectivity index (χ0) is 27.9. The third-order valence-electron chi connectivity index (χ3n) is 7.01. The number of halogens is 1. The van der Waals surface area contributed by atoms with Gasteiger partial charge in [-0.2, -0.15) is 0 Å². The number of carbonyl (C=O) groups excluding carboxylic acids is 1. The molecule has 1 amide bonds. The third-order valence-corrected chi connectivity index (χ3v) is 7.01. The van der Waals surface area contributed by atoms with Crippen molar-refractivity contribution < 1.29 is 24.1 Å². The summed E-state index contributed by atoms with van der Waals surface area (Å²) in [6.07, 6.45) is 6.94. The first kappa shape index (κ1) is 34.7. The van der Waals surface area contributed by atoms with Crippen molar-refractivity contribution in [2.24, 2.45) is 23.5 Å². The van der Waals surface area contributed by atoms with E-state index in [1.165, 1.54) is 0 Å². The number of rotatable bonds is 19. The maximum Gasteiger partial charge on any atom is 0.222 e. The normalized spacial score (nSPS) is 14.3. The van der Waals surface area contributed by atoms with Crippen LogP contribution in [0.2, 0.25) is 0 Å². The number of ether oxygens (including phenoxy) is 3. The van der Waals surface area contributed by atoms with Gasteiger partial charge in [0.25, 0.3) is 0 Å². The number of aliphatic hydroxyl groups excluding tert-OH is 1. The number of aliphatic hydroxyl groups is 1. The number of amides is 1. The molecule has 10 heteroatoms. The molecule has 0 aliphatic heterocycles. The minimum Gasteiger partial charge on any atom is -0.493 e. The first-order chi connectivity index (χ1) is 18.2. The second-order valence-corrected chi connectivity index (χ2v) is 10.5. The van der Waals surface area contributed by atoms with Crippen LogP contribution in [0.4, 0.5) is 0 Å². The Kier molecular flexibility index (Phi) is 16.8. The average Bonchev–Trinajstić information content (AvgIpc) is 3.42. The van der Waals surface area contributed by atoms with Crippen molar-refractivity contribution in [3.8, 4) is 11.5 Å². The molecule has 4 atom stereocenters. The maximum atomic E-state index is 12.5. The van der Waals surface area contributed by atoms with Crippen LogP contribution in [0.3, 0.4) is 0 Å². The van der Waals surface area contributed by atoms with Crippen molar-refractivity contribution in [1.29, 1.82) is 0 Å². The minimum absolute atomic E-state index is 0. The van der Waals surface area contributed by atoms with Crippen LogP contribution in [0.15, 0.2) is 30.7 Å². The van der Waals surface area contributed by atoms with Crippen LogP contribution in [0.5, 0.6) is 11.5 Å². The van der Waals surface area contributed by atoms with Crippen LogP contribution in [-0.2, 0) is 22.4 Å². The molecule has 0 saturated heterocycles. The molecule has 0 bridgehead atoms. The summed E-state index contributed by atoms with van der Waals surface area (Å²) in [4.78, 5) is 19.6. The monoisotopic (exact) mass is 568 g/mol. The second kappa shape index (κ2) is 18.9. The highest BCUT2D eigenvalue weighted by molar-refractivity contribution is 5.85. The zero-order valence-electron chi connectivity index (χ0n) is 24.2. The molecule has 0 spiro atoms. The van der Waals surface area contributed by atoms with Crippen molar-refractivity contribution in [2.45, 2.75) is 71.4 Å². The molecule has 0 saturated carbocycles. The summed E-state index contributed by atoms with van der Waals surface area (Å²) in [5, 5.41) is 13.8. The van der Waals surface area contributed by atoms with Crippen LogP contribution >= 0.6 is 12.4 Å². The van der Waals surface area contributed by atoms with E-state index in [0.29, 0.717) is 44.3 Å². The Morgan fingerprint density at radius 3 is 2.54 bits per heavy atom. The van der Waals surface area contributed by atoms with Crippen LogP contribution < -0.4 is 20.5 Å². The van der Waals surface area contributed by atoms with E-state index in [-0.39, 0.29) is 30.2 Å². The van der Waals surface area contributed by atoms with Gasteiger partial charge in [-0.25, -0.2) is 4.98 Å². The van der Waals surface area contributed by atoms with Gasteiger partial charge in [-0.05, 0) is 61.6 Å². The minimum atomic E-state index is -0.752. The van der Waals surface area contributed by atoms with Crippen LogP contribution in [0, 0.1) is 17.8 Å². The number of benzene rings is 1. The van der Waals surface area contributed by atoms with Crippen molar-refractivity contribution >= 4 is 18.3 Å². The number of hydrogen-bond donors (Lipinski definition) is 4. The number of imidazole rings is 1. The van der Waals surface area contributed by atoms with E-state index in [1.807, 2.05) is 19.1 Å². The van der Waals surface area contributed by atoms with Gasteiger partial charge in [-0.15, -0.1) is 12.4 Å². The summed E-state index contributed by atoms with van der Waals surface area (Å²) in [6.45, 7) is 7.97. The topological polar surface area (TPSA) is 132 Å². The molecular weight excluding hydrogens is 520 g/mol. The largest absolute Gasteiger partial charge is 0.493 e. The van der Waals surface area contributed by atoms with Crippen molar-refractivity contribution in [3.05, 3.63) is 42.0 Å². The first-order valence-corrected chi connectivity index (χ1v) is 13.7. The highest BCUT2D eigenvalue weighted by Gasteiger charge is 2.26. The number of nitrogens with one attached hydrogen (secondary N) is 2. The van der Waals surface area contributed by atoms with Gasteiger partial charge in [0.2, 0.25) is 5.91 Å². The van der Waals surface area contributed by atoms with E-state index in [9.17, 15) is 9.90 Å². The first-order valence-electron chi connectivity index (χ1n) is 13.7. The van der Waals surface area contributed by atoms with Gasteiger partial charge >= 0.3 is 0 Å². The molecule has 0 aliphatic carbocycles. The summed E-state index contributed by atoms with van der Waals surface area (Å²) in [6, 6.07) is 5.60. The van der Waals surface area contributed by atoms with Gasteiger partial charge in [0, 0.05) is 50.5 Å². The number of nitrogens with two attached hydrogens (primary N) is 1. The van der Waals surface area contributed by atoms with Crippen molar-refractivity contribution in [1.82, 2.24) is 15.3 Å². The molecule has 2 rings (SSSR count). The summed E-state index contributed by atoms with van der Waals surface area (Å²) in [7, 11) is 3.31. The quantitative estimate of drug-likeness (QED) is 0.189. The summed E-state index contributed by atoms with van der Waals surface area (Å²) >= 11 is 0. The summed E-state index contributed by atoms with van der Waals surface area (Å²) in [5.74, 6) is 1.68. The van der Waals surface area contributed by atoms with Gasteiger partial charge in [0.15, 0.2) is 11.5 Å². The fraction of sp³-hybridized carbons (Fsp3) is 0.655. The van der Waals surface area contributed by atoms with E-state index in [2.05, 4.69) is 35.2 Å². The standard InChI is InChI=1S/C29H48N4O5.ClH/c1-20(2)23(15-22-9-10-27(37-5)28(16-22)38-13-7-12-36-4)17-25(30)26(34)14-21(3)29(35)32-11-6-8-24-18-31-19-33-24;/h9-10,16,18-21,23,25-26,34H,6-8,11-15,17,30H2,1-5H3,(H,31,33)(H,32,35);1H/t21-,23+,25+,26+;/m1./s1. The number of aryl methyl sites for hydroxylation is 1. The van der Waals surface area contributed by atoms with E-state index >= 15 is 0 Å². The van der Waals surface area contributed by atoms with Gasteiger partial charge < -0.3 is 35.4 Å². The van der Waals surface area contributed by atoms with E-state index < -0.39 is 12.1 Å². The fourth-order valence-electron chi connectivity index (χ4n) is 4.48. The zero-order valence-corrected chi connectivity index (χ0v) is 25.0. The maximum absolute atomic E-state index is 12.5. The van der Waals surface area contributed by atoms with Crippen molar-refractivity contribution in [2.75, 3.05) is 34.0 Å². The van der Waals surface area contributed by atoms with Crippen LogP contribution in [0.1, 0.15) is 57.7 Å². The Morgan fingerprint density at radius 1 is 1.13 bits per heavy atom. The molecule has 222 valence electrons. The smallest absolute Gasteiger partial charge is 0.222 e. The molecule has 0 unspecified atom stereocenters. The number of aromatic nitrogens is 2. The molecule has 9 nitrogen and oxygen atoms in total. The highest BCUT2D eigenvalue weighted by atomic mass is 35.5. The Morgan fingerprint density at radius 2 is 1.90 bits per heavy atom. The van der Waals surface area contributed by atoms with E-state index in [4.69, 9.17) is 19.9 Å². The SMILES string of the molecule is COCCCOc1cc(C[C@@H](C[C@H](N)[C@@H](O)C[C@@H](C)C(=O)NCCCc2cnc[nH]2)C(C)C)ccc1OC.Cl. The lowest BCUT2D eigenvalue weighted by Gasteiger charge is -2.28. The molecule has 2 aromatic rings. The van der Waals surface area contributed by atoms with Gasteiger partial charge in [-0.3, -0.25) is 4.79 Å².